The van der Waals surface area contributed by atoms with Crippen LogP contribution in [0, 0.1) is 0 Å². The lowest BCUT2D eigenvalue weighted by Crippen LogP contribution is -2.54. The number of aliphatic hydroxyl groups excluding tert-OH is 1. The van der Waals surface area contributed by atoms with Gasteiger partial charge in [-0.3, -0.25) is 4.79 Å². The molecule has 7 nitrogen and oxygen atoms in total. The Morgan fingerprint density at radius 3 is 2.54 bits per heavy atom. The number of carbonyl (C=O) groups excluding carboxylic acids is 2. The minimum Gasteiger partial charge on any atom is -0.394 e. The Morgan fingerprint density at radius 1 is 1.21 bits per heavy atom. The van der Waals surface area contributed by atoms with Crippen molar-refractivity contribution in [2.75, 3.05) is 19.7 Å². The highest BCUT2D eigenvalue weighted by atomic mass is 16.5. The van der Waals surface area contributed by atoms with Crippen LogP contribution in [0.3, 0.4) is 0 Å². The predicted molar refractivity (Wildman–Crippen MR) is 90.6 cm³/mol. The number of rotatable bonds is 5. The normalized spacial score (nSPS) is 27.8. The van der Waals surface area contributed by atoms with Crippen LogP contribution in [-0.4, -0.2) is 65.9 Å². The second-order valence-electron chi connectivity index (χ2n) is 7.08. The summed E-state index contributed by atoms with van der Waals surface area (Å²) >= 11 is 0. The molecule has 0 aromatic heterocycles. The number of urea groups is 1. The first-order valence-electron chi connectivity index (χ1n) is 9.10. The Bertz CT molecular complexity index is 424. The van der Waals surface area contributed by atoms with Gasteiger partial charge >= 0.3 is 6.03 Å². The molecule has 0 saturated carbocycles. The van der Waals surface area contributed by atoms with E-state index in [4.69, 9.17) is 4.74 Å². The maximum atomic E-state index is 12.3. The van der Waals surface area contributed by atoms with Crippen molar-refractivity contribution < 1.29 is 19.4 Å². The molecule has 2 saturated heterocycles. The van der Waals surface area contributed by atoms with E-state index in [0.717, 1.165) is 25.9 Å². The Hall–Kier alpha value is -1.34. The van der Waals surface area contributed by atoms with Gasteiger partial charge in [0.1, 0.15) is 6.10 Å². The van der Waals surface area contributed by atoms with E-state index in [1.807, 2.05) is 18.7 Å². The number of nitrogens with one attached hydrogen (secondary N) is 2. The minimum atomic E-state index is -0.462. The van der Waals surface area contributed by atoms with E-state index in [0.29, 0.717) is 19.3 Å². The summed E-state index contributed by atoms with van der Waals surface area (Å²) in [4.78, 5) is 26.1. The third kappa shape index (κ3) is 5.63. The van der Waals surface area contributed by atoms with Crippen LogP contribution in [0.4, 0.5) is 4.79 Å². The number of hydrogen-bond donors (Lipinski definition) is 3. The molecule has 0 aliphatic carbocycles. The van der Waals surface area contributed by atoms with Crippen molar-refractivity contribution in [2.45, 2.75) is 76.7 Å². The van der Waals surface area contributed by atoms with Crippen molar-refractivity contribution in [3.8, 4) is 0 Å². The summed E-state index contributed by atoms with van der Waals surface area (Å²) in [6.07, 6.45) is 4.49. The smallest absolute Gasteiger partial charge is 0.315 e. The van der Waals surface area contributed by atoms with Crippen LogP contribution in [0.1, 0.15) is 52.4 Å². The standard InChI is InChI=1S/C17H31N3O4/c1-12(2)18-17(23)19-14-7-6-13(24-15(14)11-21)10-16(22)20-8-4-3-5-9-20/h12-15,21H,3-11H2,1-2H3,(H2,18,19,23)/t13-,14+,15-/m1/s1. The first-order valence-corrected chi connectivity index (χ1v) is 9.10. The molecule has 0 aromatic carbocycles. The molecule has 2 aliphatic heterocycles. The maximum absolute atomic E-state index is 12.3. The van der Waals surface area contributed by atoms with Crippen molar-refractivity contribution in [3.63, 3.8) is 0 Å². The molecule has 2 fully saturated rings. The van der Waals surface area contributed by atoms with Crippen LogP contribution in [0.5, 0.6) is 0 Å². The average Bonchev–Trinajstić information content (AvgIpc) is 2.56. The minimum absolute atomic E-state index is 0.0528. The van der Waals surface area contributed by atoms with Crippen LogP contribution < -0.4 is 10.6 Å². The highest BCUT2D eigenvalue weighted by Gasteiger charge is 2.33. The lowest BCUT2D eigenvalue weighted by atomic mass is 9.96. The lowest BCUT2D eigenvalue weighted by Gasteiger charge is -2.37. The zero-order chi connectivity index (χ0) is 17.5. The van der Waals surface area contributed by atoms with E-state index in [2.05, 4.69) is 10.6 Å². The molecule has 2 rings (SSSR count). The van der Waals surface area contributed by atoms with Crippen LogP contribution in [0.25, 0.3) is 0 Å². The van der Waals surface area contributed by atoms with Gasteiger partial charge in [0.2, 0.25) is 5.91 Å². The second-order valence-corrected chi connectivity index (χ2v) is 7.08. The molecule has 3 amide bonds. The van der Waals surface area contributed by atoms with Gasteiger partial charge in [-0.25, -0.2) is 4.79 Å². The summed E-state index contributed by atoms with van der Waals surface area (Å²) in [6, 6.07) is -0.424. The fraction of sp³-hybridized carbons (Fsp3) is 0.882. The Kier molecular flexibility index (Phi) is 7.30. The average molecular weight is 341 g/mol. The molecule has 2 heterocycles. The largest absolute Gasteiger partial charge is 0.394 e. The van der Waals surface area contributed by atoms with Crippen molar-refractivity contribution in [1.29, 1.82) is 0 Å². The van der Waals surface area contributed by atoms with Gasteiger partial charge in [0.25, 0.3) is 0 Å². The monoisotopic (exact) mass is 341 g/mol. The van der Waals surface area contributed by atoms with E-state index in [1.165, 1.54) is 6.42 Å². The topological polar surface area (TPSA) is 90.9 Å². The summed E-state index contributed by atoms with van der Waals surface area (Å²) in [6.45, 7) is 5.30. The number of amides is 3. The molecule has 138 valence electrons. The summed E-state index contributed by atoms with van der Waals surface area (Å²) < 4.78 is 5.88. The van der Waals surface area contributed by atoms with Gasteiger partial charge in [0, 0.05) is 19.1 Å². The maximum Gasteiger partial charge on any atom is 0.315 e. The highest BCUT2D eigenvalue weighted by molar-refractivity contribution is 5.77. The number of hydrogen-bond acceptors (Lipinski definition) is 4. The van der Waals surface area contributed by atoms with Crippen molar-refractivity contribution in [1.82, 2.24) is 15.5 Å². The highest BCUT2D eigenvalue weighted by Crippen LogP contribution is 2.23. The van der Waals surface area contributed by atoms with Crippen molar-refractivity contribution in [3.05, 3.63) is 0 Å². The molecule has 2 aliphatic rings. The van der Waals surface area contributed by atoms with Gasteiger partial charge in [-0.15, -0.1) is 0 Å². The third-order valence-electron chi connectivity index (χ3n) is 4.64. The first kappa shape index (κ1) is 19.0. The molecule has 0 spiro atoms. The number of carbonyl (C=O) groups is 2. The van der Waals surface area contributed by atoms with Crippen LogP contribution in [0.15, 0.2) is 0 Å². The van der Waals surface area contributed by atoms with Crippen molar-refractivity contribution in [2.24, 2.45) is 0 Å². The molecule has 3 atom stereocenters. The number of ether oxygens (including phenoxy) is 1. The van der Waals surface area contributed by atoms with Crippen molar-refractivity contribution >= 4 is 11.9 Å². The van der Waals surface area contributed by atoms with E-state index in [9.17, 15) is 14.7 Å². The zero-order valence-corrected chi connectivity index (χ0v) is 14.8. The summed E-state index contributed by atoms with van der Waals surface area (Å²) in [7, 11) is 0. The molecule has 0 unspecified atom stereocenters. The number of piperidine rings is 1. The van der Waals surface area contributed by atoms with Gasteiger partial charge in [-0.05, 0) is 46.0 Å². The van der Waals surface area contributed by atoms with E-state index >= 15 is 0 Å². The quantitative estimate of drug-likeness (QED) is 0.696. The molecule has 0 bridgehead atoms. The molecule has 3 N–H and O–H groups in total. The van der Waals surface area contributed by atoms with Crippen LogP contribution in [-0.2, 0) is 9.53 Å². The molecule has 0 radical (unpaired) electrons. The Balaban J connectivity index is 1.80. The van der Waals surface area contributed by atoms with Crippen LogP contribution in [0.2, 0.25) is 0 Å². The zero-order valence-electron chi connectivity index (χ0n) is 14.8. The predicted octanol–water partition coefficient (Wildman–Crippen LogP) is 1.01. The summed E-state index contributed by atoms with van der Waals surface area (Å²) in [5, 5.41) is 15.2. The second kappa shape index (κ2) is 9.22. The fourth-order valence-corrected chi connectivity index (χ4v) is 3.39. The number of likely N-dealkylation sites (tertiary alicyclic amines) is 1. The molecule has 7 heteroatoms. The molecule has 24 heavy (non-hydrogen) atoms. The van der Waals surface area contributed by atoms with E-state index in [-0.39, 0.29) is 36.7 Å². The van der Waals surface area contributed by atoms with Gasteiger partial charge in [0.05, 0.1) is 25.2 Å². The Morgan fingerprint density at radius 2 is 1.92 bits per heavy atom. The van der Waals surface area contributed by atoms with Gasteiger partial charge < -0.3 is 25.4 Å². The van der Waals surface area contributed by atoms with E-state index < -0.39 is 6.10 Å². The number of nitrogens with zero attached hydrogens (tertiary/aromatic N) is 1. The van der Waals surface area contributed by atoms with Gasteiger partial charge in [-0.1, -0.05) is 0 Å². The first-order chi connectivity index (χ1) is 11.5. The summed E-state index contributed by atoms with van der Waals surface area (Å²) in [5.74, 6) is 0.139. The molecular formula is C17H31N3O4. The fourth-order valence-electron chi connectivity index (χ4n) is 3.39. The summed E-state index contributed by atoms with van der Waals surface area (Å²) in [5.41, 5.74) is 0. The Labute approximate surface area is 144 Å². The lowest BCUT2D eigenvalue weighted by molar-refractivity contribution is -0.141. The van der Waals surface area contributed by atoms with Crippen LogP contribution >= 0.6 is 0 Å². The van der Waals surface area contributed by atoms with Gasteiger partial charge in [0.15, 0.2) is 0 Å². The molecular weight excluding hydrogens is 310 g/mol. The van der Waals surface area contributed by atoms with E-state index in [1.54, 1.807) is 0 Å². The van der Waals surface area contributed by atoms with Gasteiger partial charge in [-0.2, -0.15) is 0 Å². The SMILES string of the molecule is CC(C)NC(=O)N[C@H]1CC[C@H](CC(=O)N2CCCCC2)O[C@@H]1CO. The number of aliphatic hydroxyl groups is 1. The third-order valence-corrected chi connectivity index (χ3v) is 4.64. The molecule has 0 aromatic rings.